The lowest BCUT2D eigenvalue weighted by Gasteiger charge is -2.06. The summed E-state index contributed by atoms with van der Waals surface area (Å²) in [6.07, 6.45) is 0.801. The van der Waals surface area contributed by atoms with Crippen molar-refractivity contribution in [2.45, 2.75) is 18.7 Å². The third-order valence-corrected chi connectivity index (χ3v) is 3.31. The number of hydrogen-bond acceptors (Lipinski definition) is 7. The van der Waals surface area contributed by atoms with Gasteiger partial charge in [0.15, 0.2) is 0 Å². The van der Waals surface area contributed by atoms with Crippen LogP contribution in [0.3, 0.4) is 0 Å². The highest BCUT2D eigenvalue weighted by Crippen LogP contribution is 2.25. The molecule has 0 saturated carbocycles. The van der Waals surface area contributed by atoms with Gasteiger partial charge >= 0.3 is 15.6 Å². The van der Waals surface area contributed by atoms with Crippen LogP contribution in [-0.4, -0.2) is 28.6 Å². The van der Waals surface area contributed by atoms with E-state index in [2.05, 4.69) is 8.37 Å². The minimum absolute atomic E-state index is 0.0153. The molecule has 0 atom stereocenters. The highest BCUT2D eigenvalue weighted by Gasteiger charge is 2.47. The second kappa shape index (κ2) is 5.71. The molecule has 0 aliphatic heterocycles. The van der Waals surface area contributed by atoms with Crippen LogP contribution in [0.2, 0.25) is 0 Å². The van der Waals surface area contributed by atoms with Gasteiger partial charge in [-0.1, -0.05) is 0 Å². The molecule has 0 aliphatic carbocycles. The largest absolute Gasteiger partial charge is 0.523 e. The molecule has 0 N–H and O–H groups in total. The fourth-order valence-corrected chi connectivity index (χ4v) is 1.68. The zero-order chi connectivity index (χ0) is 15.6. The quantitative estimate of drug-likeness (QED) is 0.566. The minimum atomic E-state index is -5.71. The van der Waals surface area contributed by atoms with Crippen molar-refractivity contribution in [1.29, 1.82) is 0 Å². The maximum atomic E-state index is 12.0. The van der Waals surface area contributed by atoms with Crippen LogP contribution in [0, 0.1) is 0 Å². The molecule has 0 aromatic carbocycles. The summed E-state index contributed by atoms with van der Waals surface area (Å²) in [7, 11) is -9.41. The molecule has 1 aromatic rings. The third kappa shape index (κ3) is 5.11. The molecular weight excluding hydrogens is 329 g/mol. The Balaban J connectivity index is 2.62. The van der Waals surface area contributed by atoms with Crippen LogP contribution in [-0.2, 0) is 41.8 Å². The maximum absolute atomic E-state index is 12.0. The molecule has 1 heterocycles. The molecule has 20 heavy (non-hydrogen) atoms. The summed E-state index contributed by atoms with van der Waals surface area (Å²) >= 11 is 0. The normalized spacial score (nSPS) is 13.6. The van der Waals surface area contributed by atoms with Crippen molar-refractivity contribution < 1.29 is 42.8 Å². The van der Waals surface area contributed by atoms with Gasteiger partial charge < -0.3 is 4.42 Å². The number of rotatable bonds is 6. The van der Waals surface area contributed by atoms with Crippen LogP contribution in [0.15, 0.2) is 16.5 Å². The Morgan fingerprint density at radius 2 is 1.50 bits per heavy atom. The van der Waals surface area contributed by atoms with E-state index in [0.29, 0.717) is 0 Å². The second-order valence-corrected chi connectivity index (χ2v) is 6.75. The minimum Gasteiger partial charge on any atom is -0.461 e. The summed E-state index contributed by atoms with van der Waals surface area (Å²) in [5, 5.41) is 0. The molecule has 0 amide bonds. The molecular formula is C8H9F3O7S2. The summed E-state index contributed by atoms with van der Waals surface area (Å²) in [5.41, 5.74) is -5.53. The van der Waals surface area contributed by atoms with Crippen molar-refractivity contribution >= 4 is 20.2 Å². The van der Waals surface area contributed by atoms with Crippen molar-refractivity contribution in [2.75, 3.05) is 6.26 Å². The number of furan rings is 1. The molecule has 1 rings (SSSR count). The van der Waals surface area contributed by atoms with Gasteiger partial charge in [0.05, 0.1) is 6.26 Å². The molecule has 0 bridgehead atoms. The van der Waals surface area contributed by atoms with Gasteiger partial charge in [-0.2, -0.15) is 30.0 Å². The van der Waals surface area contributed by atoms with Gasteiger partial charge in [-0.3, -0.25) is 8.37 Å². The Labute approximate surface area is 112 Å². The van der Waals surface area contributed by atoms with E-state index in [-0.39, 0.29) is 11.5 Å². The van der Waals surface area contributed by atoms with Crippen LogP contribution in [0.1, 0.15) is 11.5 Å². The standard InChI is InChI=1S/C8H9F3O7S2/c1-19(12,13)16-4-6-2-3-7(18-6)5-17-20(14,15)8(9,10)11/h2-3H,4-5H2,1H3. The van der Waals surface area contributed by atoms with Crippen molar-refractivity contribution in [3.8, 4) is 0 Å². The predicted molar refractivity (Wildman–Crippen MR) is 58.1 cm³/mol. The molecule has 12 heteroatoms. The number of hydrogen-bond donors (Lipinski definition) is 0. The fourth-order valence-electron chi connectivity index (χ4n) is 0.945. The zero-order valence-corrected chi connectivity index (χ0v) is 11.5. The molecule has 116 valence electrons. The molecule has 0 aliphatic rings. The van der Waals surface area contributed by atoms with Crippen molar-refractivity contribution in [3.05, 3.63) is 23.7 Å². The van der Waals surface area contributed by atoms with Crippen molar-refractivity contribution in [2.24, 2.45) is 0 Å². The van der Waals surface area contributed by atoms with E-state index in [0.717, 1.165) is 12.3 Å². The van der Waals surface area contributed by atoms with Crippen molar-refractivity contribution in [1.82, 2.24) is 0 Å². The fraction of sp³-hybridized carbons (Fsp3) is 0.500. The molecule has 0 unspecified atom stereocenters. The first kappa shape index (κ1) is 16.9. The lowest BCUT2D eigenvalue weighted by molar-refractivity contribution is -0.0551. The lowest BCUT2D eigenvalue weighted by atomic mass is 10.4. The first-order valence-electron chi connectivity index (χ1n) is 4.78. The number of alkyl halides is 3. The summed E-state index contributed by atoms with van der Waals surface area (Å²) in [6, 6.07) is 2.34. The molecule has 0 saturated heterocycles. The van der Waals surface area contributed by atoms with Gasteiger partial charge in [0, 0.05) is 0 Å². The van der Waals surface area contributed by atoms with E-state index in [1.54, 1.807) is 0 Å². The first-order chi connectivity index (χ1) is 8.91. The lowest BCUT2D eigenvalue weighted by Crippen LogP contribution is -2.25. The average molecular weight is 338 g/mol. The monoisotopic (exact) mass is 338 g/mol. The predicted octanol–water partition coefficient (Wildman–Crippen LogP) is 1.12. The molecule has 0 spiro atoms. The Hall–Kier alpha value is -1.11. The Morgan fingerprint density at radius 3 is 1.90 bits per heavy atom. The van der Waals surface area contributed by atoms with E-state index < -0.39 is 39.0 Å². The van der Waals surface area contributed by atoms with E-state index in [4.69, 9.17) is 4.42 Å². The Kier molecular flexibility index (Phi) is 4.84. The highest BCUT2D eigenvalue weighted by atomic mass is 32.2. The zero-order valence-electron chi connectivity index (χ0n) is 9.88. The van der Waals surface area contributed by atoms with Gasteiger partial charge in [-0.15, -0.1) is 0 Å². The van der Waals surface area contributed by atoms with E-state index in [9.17, 15) is 30.0 Å². The van der Waals surface area contributed by atoms with Crippen LogP contribution >= 0.6 is 0 Å². The molecule has 0 radical (unpaired) electrons. The van der Waals surface area contributed by atoms with Crippen molar-refractivity contribution in [3.63, 3.8) is 0 Å². The molecule has 1 aromatic heterocycles. The van der Waals surface area contributed by atoms with Gasteiger partial charge in [0.25, 0.3) is 10.1 Å². The van der Waals surface area contributed by atoms with Gasteiger partial charge in [-0.25, -0.2) is 0 Å². The van der Waals surface area contributed by atoms with Gasteiger partial charge in [-0.05, 0) is 12.1 Å². The third-order valence-electron chi connectivity index (χ3n) is 1.77. The Morgan fingerprint density at radius 1 is 1.05 bits per heavy atom. The first-order valence-corrected chi connectivity index (χ1v) is 8.01. The Bertz CT molecular complexity index is 656. The summed E-state index contributed by atoms with van der Waals surface area (Å²) < 4.78 is 91.4. The average Bonchev–Trinajstić information content (AvgIpc) is 2.69. The topological polar surface area (TPSA) is 99.9 Å². The van der Waals surface area contributed by atoms with Gasteiger partial charge in [0.1, 0.15) is 24.7 Å². The van der Waals surface area contributed by atoms with Crippen LogP contribution < -0.4 is 0 Å². The van der Waals surface area contributed by atoms with Crippen LogP contribution in [0.5, 0.6) is 0 Å². The second-order valence-electron chi connectivity index (χ2n) is 3.50. The molecule has 0 fully saturated rings. The van der Waals surface area contributed by atoms with E-state index in [1.807, 2.05) is 0 Å². The van der Waals surface area contributed by atoms with Crippen LogP contribution in [0.4, 0.5) is 13.2 Å². The van der Waals surface area contributed by atoms with Gasteiger partial charge in [0.2, 0.25) is 0 Å². The maximum Gasteiger partial charge on any atom is 0.523 e. The SMILES string of the molecule is CS(=O)(=O)OCc1ccc(COS(=O)(=O)C(F)(F)F)o1. The smallest absolute Gasteiger partial charge is 0.461 e. The van der Waals surface area contributed by atoms with Crippen LogP contribution in [0.25, 0.3) is 0 Å². The van der Waals surface area contributed by atoms with E-state index in [1.165, 1.54) is 6.07 Å². The highest BCUT2D eigenvalue weighted by molar-refractivity contribution is 7.87. The summed E-state index contributed by atoms with van der Waals surface area (Å²) in [4.78, 5) is 0. The van der Waals surface area contributed by atoms with E-state index >= 15 is 0 Å². The summed E-state index contributed by atoms with van der Waals surface area (Å²) in [6.45, 7) is -1.44. The molecule has 7 nitrogen and oxygen atoms in total. The summed E-state index contributed by atoms with van der Waals surface area (Å²) in [5.74, 6) is -0.247. The number of halogens is 3.